The van der Waals surface area contributed by atoms with Crippen molar-refractivity contribution in [3.05, 3.63) is 27.2 Å². The van der Waals surface area contributed by atoms with Crippen molar-refractivity contribution in [3.63, 3.8) is 0 Å². The molecule has 1 atom stereocenters. The van der Waals surface area contributed by atoms with Crippen LogP contribution in [-0.4, -0.2) is 16.5 Å². The van der Waals surface area contributed by atoms with E-state index in [4.69, 9.17) is 5.73 Å². The van der Waals surface area contributed by atoms with Gasteiger partial charge in [0, 0.05) is 29.4 Å². The van der Waals surface area contributed by atoms with Gasteiger partial charge in [0.2, 0.25) is 0 Å². The zero-order valence-corrected chi connectivity index (χ0v) is 11.6. The first-order valence-corrected chi connectivity index (χ1v) is 7.20. The fraction of sp³-hybridized carbons (Fsp3) is 0.455. The van der Waals surface area contributed by atoms with Crippen LogP contribution in [0, 0.1) is 6.92 Å². The Morgan fingerprint density at radius 1 is 1.53 bits per heavy atom. The molecular formula is C11H16N4S2. The maximum absolute atomic E-state index is 5.58. The minimum absolute atomic E-state index is 0.296. The molecular weight excluding hydrogens is 252 g/mol. The van der Waals surface area contributed by atoms with Gasteiger partial charge < -0.3 is 11.1 Å². The van der Waals surface area contributed by atoms with Gasteiger partial charge in [-0.05, 0) is 13.8 Å². The standard InChI is InChI=1S/C11H16N4S2/c1-7-5-14-10(17-7)8(2)13-4-3-9-6-16-11(12)15-9/h5-6,8,13H,3-4H2,1-2H3,(H2,12,15). The summed E-state index contributed by atoms with van der Waals surface area (Å²) >= 11 is 3.23. The largest absolute Gasteiger partial charge is 0.375 e. The molecule has 2 aromatic heterocycles. The Labute approximate surface area is 109 Å². The second-order valence-corrected chi connectivity index (χ2v) is 6.07. The van der Waals surface area contributed by atoms with Gasteiger partial charge in [-0.3, -0.25) is 0 Å². The third-order valence-electron chi connectivity index (χ3n) is 2.41. The molecule has 0 fully saturated rings. The third kappa shape index (κ3) is 3.49. The van der Waals surface area contributed by atoms with Gasteiger partial charge in [-0.2, -0.15) is 0 Å². The van der Waals surface area contributed by atoms with Crippen LogP contribution < -0.4 is 11.1 Å². The van der Waals surface area contributed by atoms with E-state index in [1.807, 2.05) is 11.6 Å². The second-order valence-electron chi connectivity index (χ2n) is 3.91. The highest BCUT2D eigenvalue weighted by Crippen LogP contribution is 2.18. The van der Waals surface area contributed by atoms with Crippen LogP contribution in [0.2, 0.25) is 0 Å². The quantitative estimate of drug-likeness (QED) is 0.874. The molecule has 6 heteroatoms. The molecule has 0 spiro atoms. The number of aryl methyl sites for hydroxylation is 1. The number of anilines is 1. The minimum atomic E-state index is 0.296. The van der Waals surface area contributed by atoms with Crippen molar-refractivity contribution < 1.29 is 0 Å². The van der Waals surface area contributed by atoms with Gasteiger partial charge in [0.25, 0.3) is 0 Å². The molecule has 3 N–H and O–H groups in total. The summed E-state index contributed by atoms with van der Waals surface area (Å²) in [6, 6.07) is 0.296. The van der Waals surface area contributed by atoms with Crippen molar-refractivity contribution in [2.75, 3.05) is 12.3 Å². The summed E-state index contributed by atoms with van der Waals surface area (Å²) in [5, 5.41) is 7.23. The first-order valence-electron chi connectivity index (χ1n) is 5.50. The van der Waals surface area contributed by atoms with E-state index in [0.717, 1.165) is 23.7 Å². The van der Waals surface area contributed by atoms with Crippen molar-refractivity contribution in [2.45, 2.75) is 26.3 Å². The van der Waals surface area contributed by atoms with Gasteiger partial charge in [0.15, 0.2) is 5.13 Å². The average Bonchev–Trinajstić information content (AvgIpc) is 2.88. The fourth-order valence-electron chi connectivity index (χ4n) is 1.51. The zero-order valence-electron chi connectivity index (χ0n) is 9.93. The number of nitrogens with one attached hydrogen (secondary N) is 1. The van der Waals surface area contributed by atoms with Gasteiger partial charge in [-0.1, -0.05) is 0 Å². The third-order valence-corrected chi connectivity index (χ3v) is 4.23. The number of rotatable bonds is 5. The molecule has 2 aromatic rings. The summed E-state index contributed by atoms with van der Waals surface area (Å²) < 4.78 is 0. The highest BCUT2D eigenvalue weighted by molar-refractivity contribution is 7.13. The predicted octanol–water partition coefficient (Wildman–Crippen LogP) is 2.38. The van der Waals surface area contributed by atoms with E-state index < -0.39 is 0 Å². The Kier molecular flexibility index (Phi) is 4.09. The zero-order chi connectivity index (χ0) is 12.3. The van der Waals surface area contributed by atoms with E-state index in [2.05, 4.69) is 29.1 Å². The maximum atomic E-state index is 5.58. The van der Waals surface area contributed by atoms with Crippen LogP contribution in [0.15, 0.2) is 11.6 Å². The lowest BCUT2D eigenvalue weighted by Crippen LogP contribution is -2.21. The molecule has 17 heavy (non-hydrogen) atoms. The molecule has 92 valence electrons. The Morgan fingerprint density at radius 3 is 2.94 bits per heavy atom. The van der Waals surface area contributed by atoms with Crippen LogP contribution in [0.5, 0.6) is 0 Å². The average molecular weight is 268 g/mol. The van der Waals surface area contributed by atoms with Gasteiger partial charge in [-0.25, -0.2) is 9.97 Å². The van der Waals surface area contributed by atoms with Crippen molar-refractivity contribution in [1.82, 2.24) is 15.3 Å². The van der Waals surface area contributed by atoms with E-state index in [0.29, 0.717) is 11.2 Å². The van der Waals surface area contributed by atoms with Crippen LogP contribution in [0.1, 0.15) is 28.5 Å². The smallest absolute Gasteiger partial charge is 0.180 e. The van der Waals surface area contributed by atoms with E-state index >= 15 is 0 Å². The lowest BCUT2D eigenvalue weighted by Gasteiger charge is -2.09. The Balaban J connectivity index is 1.78. The first-order chi connectivity index (χ1) is 8.15. The maximum Gasteiger partial charge on any atom is 0.180 e. The highest BCUT2D eigenvalue weighted by atomic mass is 32.1. The summed E-state index contributed by atoms with van der Waals surface area (Å²) in [6.07, 6.45) is 2.82. The van der Waals surface area contributed by atoms with E-state index in [9.17, 15) is 0 Å². The summed E-state index contributed by atoms with van der Waals surface area (Å²) in [6.45, 7) is 5.10. The van der Waals surface area contributed by atoms with Crippen LogP contribution in [0.25, 0.3) is 0 Å². The van der Waals surface area contributed by atoms with Gasteiger partial charge in [-0.15, -0.1) is 22.7 Å². The fourth-order valence-corrected chi connectivity index (χ4v) is 2.91. The second kappa shape index (κ2) is 5.57. The SMILES string of the molecule is Cc1cnc(C(C)NCCc2csc(N)n2)s1. The molecule has 0 saturated heterocycles. The van der Waals surface area contributed by atoms with Crippen LogP contribution in [0.4, 0.5) is 5.13 Å². The predicted molar refractivity (Wildman–Crippen MR) is 73.5 cm³/mol. The lowest BCUT2D eigenvalue weighted by atomic mass is 10.3. The molecule has 0 aliphatic rings. The molecule has 0 radical (unpaired) electrons. The number of nitrogen functional groups attached to an aromatic ring is 1. The minimum Gasteiger partial charge on any atom is -0.375 e. The van der Waals surface area contributed by atoms with Crippen LogP contribution in [-0.2, 0) is 6.42 Å². The van der Waals surface area contributed by atoms with Crippen molar-refractivity contribution in [2.24, 2.45) is 0 Å². The van der Waals surface area contributed by atoms with Crippen molar-refractivity contribution >= 4 is 27.8 Å². The Hall–Kier alpha value is -0.980. The number of hydrogen-bond donors (Lipinski definition) is 2. The normalized spacial score (nSPS) is 12.8. The molecule has 0 aliphatic carbocycles. The molecule has 0 aliphatic heterocycles. The number of aromatic nitrogens is 2. The molecule has 1 unspecified atom stereocenters. The number of nitrogens with two attached hydrogens (primary N) is 1. The lowest BCUT2D eigenvalue weighted by molar-refractivity contribution is 0.572. The van der Waals surface area contributed by atoms with Crippen molar-refractivity contribution in [3.8, 4) is 0 Å². The molecule has 2 rings (SSSR count). The van der Waals surface area contributed by atoms with E-state index in [-0.39, 0.29) is 0 Å². The Morgan fingerprint density at radius 2 is 2.35 bits per heavy atom. The highest BCUT2D eigenvalue weighted by Gasteiger charge is 2.08. The Bertz CT molecular complexity index is 477. The van der Waals surface area contributed by atoms with Gasteiger partial charge in [0.05, 0.1) is 11.7 Å². The van der Waals surface area contributed by atoms with Crippen molar-refractivity contribution in [1.29, 1.82) is 0 Å². The summed E-state index contributed by atoms with van der Waals surface area (Å²) in [4.78, 5) is 9.85. The molecule has 0 aromatic carbocycles. The van der Waals surface area contributed by atoms with Crippen LogP contribution >= 0.6 is 22.7 Å². The number of hydrogen-bond acceptors (Lipinski definition) is 6. The molecule has 0 amide bonds. The van der Waals surface area contributed by atoms with Crippen LogP contribution in [0.3, 0.4) is 0 Å². The summed E-state index contributed by atoms with van der Waals surface area (Å²) in [7, 11) is 0. The van der Waals surface area contributed by atoms with E-state index in [1.54, 1.807) is 11.3 Å². The molecule has 4 nitrogen and oxygen atoms in total. The monoisotopic (exact) mass is 268 g/mol. The van der Waals surface area contributed by atoms with Gasteiger partial charge in [0.1, 0.15) is 5.01 Å². The first kappa shape index (κ1) is 12.5. The van der Waals surface area contributed by atoms with Gasteiger partial charge >= 0.3 is 0 Å². The summed E-state index contributed by atoms with van der Waals surface area (Å²) in [5.74, 6) is 0. The molecule has 0 saturated carbocycles. The van der Waals surface area contributed by atoms with E-state index in [1.165, 1.54) is 16.2 Å². The molecule has 2 heterocycles. The molecule has 0 bridgehead atoms. The number of nitrogens with zero attached hydrogens (tertiary/aromatic N) is 2. The topological polar surface area (TPSA) is 63.8 Å². The summed E-state index contributed by atoms with van der Waals surface area (Å²) in [5.41, 5.74) is 6.64. The number of thiazole rings is 2.